The van der Waals surface area contributed by atoms with E-state index in [0.29, 0.717) is 6.42 Å². The van der Waals surface area contributed by atoms with E-state index in [1.807, 2.05) is 0 Å². The van der Waals surface area contributed by atoms with Gasteiger partial charge in [-0.15, -0.1) is 0 Å². The van der Waals surface area contributed by atoms with E-state index in [1.54, 1.807) is 0 Å². The third kappa shape index (κ3) is 11.8. The first-order chi connectivity index (χ1) is 7.98. The summed E-state index contributed by atoms with van der Waals surface area (Å²) < 4.78 is 16.1. The van der Waals surface area contributed by atoms with E-state index in [2.05, 4.69) is 5.32 Å². The Labute approximate surface area is 100 Å². The van der Waals surface area contributed by atoms with Crippen LogP contribution in [0.5, 0.6) is 0 Å². The predicted molar refractivity (Wildman–Crippen MR) is 61.8 cm³/mol. The Morgan fingerprint density at radius 1 is 1.24 bits per heavy atom. The molecule has 0 bridgehead atoms. The molecular weight excluding hydrogens is 249 g/mol. The summed E-state index contributed by atoms with van der Waals surface area (Å²) in [4.78, 5) is 19.4. The maximum absolute atomic E-state index is 11.3. The maximum Gasteiger partial charge on any atom is 0.341 e. The van der Waals surface area contributed by atoms with E-state index in [0.717, 1.165) is 19.3 Å². The Morgan fingerprint density at radius 2 is 1.88 bits per heavy atom. The van der Waals surface area contributed by atoms with Gasteiger partial charge in [0.05, 0.1) is 19.4 Å². The molecule has 4 N–H and O–H groups in total. The fourth-order valence-electron chi connectivity index (χ4n) is 1.12. The predicted octanol–water partition coefficient (Wildman–Crippen LogP) is 0.373. The second kappa shape index (κ2) is 9.56. The Morgan fingerprint density at radius 3 is 2.47 bits per heavy atom. The van der Waals surface area contributed by atoms with Gasteiger partial charge in [0, 0.05) is 6.61 Å². The summed E-state index contributed by atoms with van der Waals surface area (Å²) in [5, 5.41) is 19.1. The second-order valence-electron chi connectivity index (χ2n) is 3.59. The number of rotatable bonds is 11. The maximum atomic E-state index is 11.3. The average molecular weight is 269 g/mol. The number of nitrogens with one attached hydrogen (secondary N) is 1. The molecule has 17 heavy (non-hydrogen) atoms. The molecule has 0 aliphatic carbocycles. The van der Waals surface area contributed by atoms with Gasteiger partial charge < -0.3 is 19.6 Å². The molecule has 0 heterocycles. The molecule has 0 amide bonds. The molecule has 0 aromatic heterocycles. The molecule has 0 radical (unpaired) electrons. The van der Waals surface area contributed by atoms with Gasteiger partial charge in [-0.2, -0.15) is 0 Å². The highest BCUT2D eigenvalue weighted by Crippen LogP contribution is 2.40. The molecule has 0 aromatic carbocycles. The summed E-state index contributed by atoms with van der Waals surface area (Å²) in [6.45, 7) is -0.0587. The minimum Gasteiger partial charge on any atom is -0.480 e. The highest BCUT2D eigenvalue weighted by molar-refractivity contribution is 7.52. The van der Waals surface area contributed by atoms with Gasteiger partial charge in [0.25, 0.3) is 0 Å². The first kappa shape index (κ1) is 16.5. The Balaban J connectivity index is 3.50. The van der Waals surface area contributed by atoms with Gasteiger partial charge in [-0.1, -0.05) is 12.8 Å². The molecule has 0 aliphatic heterocycles. The third-order valence-corrected chi connectivity index (χ3v) is 3.14. The van der Waals surface area contributed by atoms with Crippen LogP contribution in [0.2, 0.25) is 0 Å². The van der Waals surface area contributed by atoms with Crippen molar-refractivity contribution in [3.05, 3.63) is 0 Å². The molecule has 102 valence electrons. The number of carboxylic acids is 1. The zero-order chi connectivity index (χ0) is 13.1. The summed E-state index contributed by atoms with van der Waals surface area (Å²) in [5.74, 6) is -1.09. The van der Waals surface area contributed by atoms with Gasteiger partial charge in [0.2, 0.25) is 0 Å². The lowest BCUT2D eigenvalue weighted by atomic mass is 10.2. The molecule has 8 heteroatoms. The van der Waals surface area contributed by atoms with Gasteiger partial charge in [0.1, 0.15) is 0 Å². The van der Waals surface area contributed by atoms with E-state index in [9.17, 15) is 14.3 Å². The first-order valence-corrected chi connectivity index (χ1v) is 7.24. The topological polar surface area (TPSA) is 116 Å². The normalized spacial score (nSPS) is 14.5. The molecule has 0 spiro atoms. The quantitative estimate of drug-likeness (QED) is 0.316. The highest BCUT2D eigenvalue weighted by atomic mass is 31.2. The molecular formula is C9H20NO6P. The summed E-state index contributed by atoms with van der Waals surface area (Å²) >= 11 is 0. The van der Waals surface area contributed by atoms with Gasteiger partial charge in [-0.25, -0.2) is 0 Å². The fourth-order valence-corrected chi connectivity index (χ4v) is 2.02. The largest absolute Gasteiger partial charge is 0.480 e. The Bertz CT molecular complexity index is 260. The van der Waals surface area contributed by atoms with Crippen LogP contribution in [-0.4, -0.2) is 47.1 Å². The molecule has 0 fully saturated rings. The van der Waals surface area contributed by atoms with Crippen LogP contribution < -0.4 is 5.32 Å². The van der Waals surface area contributed by atoms with Crippen molar-refractivity contribution in [1.29, 1.82) is 0 Å². The second-order valence-corrected chi connectivity index (χ2v) is 5.44. The molecule has 0 saturated heterocycles. The number of carboxylic acid groups (broad SMARTS) is 1. The van der Waals surface area contributed by atoms with Gasteiger partial charge in [0.15, 0.2) is 0 Å². The monoisotopic (exact) mass is 269 g/mol. The number of carbonyl (C=O) groups is 1. The van der Waals surface area contributed by atoms with E-state index in [-0.39, 0.29) is 26.0 Å². The molecule has 0 saturated carbocycles. The SMILES string of the molecule is O=C(O)CNCP(=O)(O)OCCCCCCO. The van der Waals surface area contributed by atoms with Gasteiger partial charge in [-0.05, 0) is 12.8 Å². The number of hydrogen-bond donors (Lipinski definition) is 4. The van der Waals surface area contributed by atoms with Gasteiger partial charge in [-0.3, -0.25) is 14.7 Å². The Kier molecular flexibility index (Phi) is 9.30. The molecule has 1 unspecified atom stereocenters. The average Bonchev–Trinajstić information content (AvgIpc) is 2.22. The van der Waals surface area contributed by atoms with E-state index in [1.165, 1.54) is 0 Å². The molecule has 0 aliphatic rings. The lowest BCUT2D eigenvalue weighted by molar-refractivity contribution is -0.135. The fraction of sp³-hybridized carbons (Fsp3) is 0.889. The van der Waals surface area contributed by atoms with Crippen LogP contribution in [0.4, 0.5) is 0 Å². The third-order valence-electron chi connectivity index (χ3n) is 1.93. The number of unbranched alkanes of at least 4 members (excludes halogenated alkanes) is 3. The van der Waals surface area contributed by atoms with Crippen molar-refractivity contribution in [2.75, 3.05) is 26.0 Å². The highest BCUT2D eigenvalue weighted by Gasteiger charge is 2.18. The lowest BCUT2D eigenvalue weighted by Crippen LogP contribution is -2.24. The van der Waals surface area contributed by atoms with Crippen LogP contribution in [0.25, 0.3) is 0 Å². The summed E-state index contributed by atoms with van der Waals surface area (Å²) in [7, 11) is -3.73. The number of aliphatic hydroxyl groups excluding tert-OH is 1. The van der Waals surface area contributed by atoms with Crippen LogP contribution in [-0.2, 0) is 13.9 Å². The standard InChI is InChI=1S/C9H20NO6P/c11-5-3-1-2-4-6-16-17(14,15)8-10-7-9(12)13/h10-11H,1-8H2,(H,12,13)(H,14,15). The molecule has 1 atom stereocenters. The molecule has 0 rings (SSSR count). The summed E-state index contributed by atoms with van der Waals surface area (Å²) in [5.41, 5.74) is 0. The van der Waals surface area contributed by atoms with Crippen molar-refractivity contribution in [2.45, 2.75) is 25.7 Å². The number of aliphatic hydroxyl groups is 1. The van der Waals surface area contributed by atoms with Crippen molar-refractivity contribution < 1.29 is 29.0 Å². The van der Waals surface area contributed by atoms with Gasteiger partial charge >= 0.3 is 13.6 Å². The van der Waals surface area contributed by atoms with E-state index >= 15 is 0 Å². The zero-order valence-corrected chi connectivity index (χ0v) is 10.6. The van der Waals surface area contributed by atoms with Crippen LogP contribution >= 0.6 is 7.60 Å². The van der Waals surface area contributed by atoms with Crippen LogP contribution in [0.15, 0.2) is 0 Å². The molecule has 7 nitrogen and oxygen atoms in total. The van der Waals surface area contributed by atoms with Crippen molar-refractivity contribution in [3.63, 3.8) is 0 Å². The van der Waals surface area contributed by atoms with Crippen molar-refractivity contribution in [1.82, 2.24) is 5.32 Å². The smallest absolute Gasteiger partial charge is 0.341 e. The summed E-state index contributed by atoms with van der Waals surface area (Å²) in [6.07, 6.45) is 2.67. The first-order valence-electron chi connectivity index (χ1n) is 5.47. The van der Waals surface area contributed by atoms with Crippen LogP contribution in [0.3, 0.4) is 0 Å². The number of aliphatic carboxylic acids is 1. The van der Waals surface area contributed by atoms with Crippen molar-refractivity contribution in [3.8, 4) is 0 Å². The van der Waals surface area contributed by atoms with E-state index < -0.39 is 13.6 Å². The zero-order valence-electron chi connectivity index (χ0n) is 9.67. The lowest BCUT2D eigenvalue weighted by Gasteiger charge is -2.12. The van der Waals surface area contributed by atoms with E-state index in [4.69, 9.17) is 14.7 Å². The minimum absolute atomic E-state index is 0.151. The van der Waals surface area contributed by atoms with Crippen LogP contribution in [0.1, 0.15) is 25.7 Å². The van der Waals surface area contributed by atoms with Crippen molar-refractivity contribution >= 4 is 13.6 Å². The summed E-state index contributed by atoms with van der Waals surface area (Å²) in [6, 6.07) is 0. The Hall–Kier alpha value is -0.460. The number of hydrogen-bond acceptors (Lipinski definition) is 5. The molecule has 0 aromatic rings. The van der Waals surface area contributed by atoms with Crippen molar-refractivity contribution in [2.24, 2.45) is 0 Å². The minimum atomic E-state index is -3.73. The van der Waals surface area contributed by atoms with Crippen LogP contribution in [0, 0.1) is 0 Å².